The van der Waals surface area contributed by atoms with Crippen molar-refractivity contribution in [1.82, 2.24) is 0 Å². The molecule has 0 N–H and O–H groups in total. The van der Waals surface area contributed by atoms with Crippen LogP contribution < -0.4 is 9.80 Å². The molecule has 0 saturated heterocycles. The predicted molar refractivity (Wildman–Crippen MR) is 124 cm³/mol. The Balaban J connectivity index is 1.63. The van der Waals surface area contributed by atoms with E-state index in [1.807, 2.05) is 18.2 Å². The monoisotopic (exact) mass is 388 g/mol. The van der Waals surface area contributed by atoms with Gasteiger partial charge in [-0.25, -0.2) is 0 Å². The summed E-state index contributed by atoms with van der Waals surface area (Å²) >= 11 is 0. The molecule has 1 aromatic heterocycles. The highest BCUT2D eigenvalue weighted by atomic mass is 16.3. The van der Waals surface area contributed by atoms with Crippen LogP contribution in [0.15, 0.2) is 95.4 Å². The van der Waals surface area contributed by atoms with E-state index < -0.39 is 0 Å². The summed E-state index contributed by atoms with van der Waals surface area (Å²) in [4.78, 5) is 4.43. The van der Waals surface area contributed by atoms with Crippen molar-refractivity contribution in [2.75, 3.05) is 9.80 Å². The fraction of sp³-hybridized carbons (Fsp3) is 0.0370. The molecular formula is C27H20N2O. The number of fused-ring (bicyclic) bond motifs is 4. The molecule has 0 aliphatic carbocycles. The van der Waals surface area contributed by atoms with Crippen molar-refractivity contribution in [3.63, 3.8) is 0 Å². The van der Waals surface area contributed by atoms with Crippen molar-refractivity contribution >= 4 is 44.7 Å². The summed E-state index contributed by atoms with van der Waals surface area (Å²) in [5.74, 6) is 0. The molecule has 6 rings (SSSR count). The number of anilines is 4. The second-order valence-corrected chi connectivity index (χ2v) is 7.62. The molecular weight excluding hydrogens is 368 g/mol. The molecule has 0 unspecified atom stereocenters. The summed E-state index contributed by atoms with van der Waals surface area (Å²) in [5.41, 5.74) is 7.28. The summed E-state index contributed by atoms with van der Waals surface area (Å²) in [5, 5.41) is 2.25. The molecule has 5 aromatic rings. The Bertz CT molecular complexity index is 1390. The lowest BCUT2D eigenvalue weighted by molar-refractivity contribution is 0.668. The largest absolute Gasteiger partial charge is 0.454 e. The van der Waals surface area contributed by atoms with Crippen molar-refractivity contribution in [1.29, 1.82) is 0 Å². The fourth-order valence-electron chi connectivity index (χ4n) is 4.49. The van der Waals surface area contributed by atoms with Gasteiger partial charge in [-0.15, -0.1) is 0 Å². The quantitative estimate of drug-likeness (QED) is 0.312. The predicted octanol–water partition coefficient (Wildman–Crippen LogP) is 7.51. The van der Waals surface area contributed by atoms with Crippen molar-refractivity contribution in [3.8, 4) is 0 Å². The number of aryl methyl sites for hydroxylation is 1. The van der Waals surface area contributed by atoms with E-state index in [-0.39, 0.29) is 0 Å². The van der Waals surface area contributed by atoms with E-state index in [4.69, 9.17) is 4.42 Å². The smallest absolute Gasteiger partial charge is 0.165 e. The lowest BCUT2D eigenvalue weighted by Crippen LogP contribution is -2.28. The number of furan rings is 1. The molecule has 3 nitrogen and oxygen atoms in total. The van der Waals surface area contributed by atoms with E-state index in [0.29, 0.717) is 0 Å². The normalized spacial score (nSPS) is 14.1. The average Bonchev–Trinajstić information content (AvgIpc) is 3.29. The average molecular weight is 388 g/mol. The maximum atomic E-state index is 6.38. The van der Waals surface area contributed by atoms with Crippen molar-refractivity contribution in [3.05, 3.63) is 110 Å². The highest BCUT2D eigenvalue weighted by Gasteiger charge is 2.38. The van der Waals surface area contributed by atoms with E-state index >= 15 is 0 Å². The first-order chi connectivity index (χ1) is 14.7. The summed E-state index contributed by atoms with van der Waals surface area (Å²) in [6.07, 6.45) is 0.887. The Kier molecular flexibility index (Phi) is 3.66. The summed E-state index contributed by atoms with van der Waals surface area (Å²) < 4.78 is 6.38. The minimum Gasteiger partial charge on any atom is -0.454 e. The molecule has 1 aliphatic heterocycles. The van der Waals surface area contributed by atoms with Crippen molar-refractivity contribution < 1.29 is 4.42 Å². The molecule has 30 heavy (non-hydrogen) atoms. The lowest BCUT2D eigenvalue weighted by atomic mass is 10.1. The number of rotatable bonds is 2. The minimum absolute atomic E-state index is 0.887. The van der Waals surface area contributed by atoms with Crippen LogP contribution in [-0.2, 0) is 0 Å². The van der Waals surface area contributed by atoms with E-state index in [0.717, 1.165) is 56.4 Å². The molecule has 3 heteroatoms. The minimum atomic E-state index is 0.887. The van der Waals surface area contributed by atoms with Crippen LogP contribution in [-0.4, -0.2) is 0 Å². The van der Waals surface area contributed by atoms with Gasteiger partial charge in [-0.1, -0.05) is 60.7 Å². The molecule has 2 radical (unpaired) electrons. The Morgan fingerprint density at radius 1 is 0.667 bits per heavy atom. The first-order valence-corrected chi connectivity index (χ1v) is 10.1. The third-order valence-electron chi connectivity index (χ3n) is 5.84. The second kappa shape index (κ2) is 6.39. The maximum absolute atomic E-state index is 6.38. The number of para-hydroxylation sites is 4. The van der Waals surface area contributed by atoms with Gasteiger partial charge in [0.2, 0.25) is 0 Å². The third kappa shape index (κ3) is 2.32. The fourth-order valence-corrected chi connectivity index (χ4v) is 4.49. The van der Waals surface area contributed by atoms with Gasteiger partial charge in [-0.2, -0.15) is 0 Å². The first kappa shape index (κ1) is 17.2. The van der Waals surface area contributed by atoms with Crippen molar-refractivity contribution in [2.24, 2.45) is 0 Å². The lowest BCUT2D eigenvalue weighted by Gasteiger charge is -2.29. The van der Waals surface area contributed by atoms with E-state index in [1.54, 1.807) is 0 Å². The topological polar surface area (TPSA) is 19.6 Å². The van der Waals surface area contributed by atoms with Crippen LogP contribution >= 0.6 is 0 Å². The molecule has 0 bridgehead atoms. The van der Waals surface area contributed by atoms with Gasteiger partial charge >= 0.3 is 0 Å². The summed E-state index contributed by atoms with van der Waals surface area (Å²) in [6, 6.07) is 31.3. The van der Waals surface area contributed by atoms with Gasteiger partial charge in [0.1, 0.15) is 5.58 Å². The SMILES string of the molecule is [CH2][C]1N(c2ccccc2)c2ccccc2N1c1c(C)ccc2c1oc1ccccc12. The summed E-state index contributed by atoms with van der Waals surface area (Å²) in [7, 11) is 0. The number of hydrogen-bond donors (Lipinski definition) is 0. The highest BCUT2D eigenvalue weighted by molar-refractivity contribution is 6.11. The Hall–Kier alpha value is -3.72. The molecule has 1 aliphatic rings. The zero-order chi connectivity index (χ0) is 20.2. The molecule has 0 spiro atoms. The van der Waals surface area contributed by atoms with E-state index in [9.17, 15) is 0 Å². The van der Waals surface area contributed by atoms with Gasteiger partial charge in [0.05, 0.1) is 17.1 Å². The highest BCUT2D eigenvalue weighted by Crippen LogP contribution is 2.53. The van der Waals surface area contributed by atoms with Crippen LogP contribution in [0.3, 0.4) is 0 Å². The molecule has 0 saturated carbocycles. The van der Waals surface area contributed by atoms with Crippen molar-refractivity contribution in [2.45, 2.75) is 6.92 Å². The molecule has 0 amide bonds. The third-order valence-corrected chi connectivity index (χ3v) is 5.84. The van der Waals surface area contributed by atoms with E-state index in [2.05, 4.69) is 96.4 Å². The first-order valence-electron chi connectivity index (χ1n) is 10.1. The zero-order valence-electron chi connectivity index (χ0n) is 16.7. The van der Waals surface area contributed by atoms with Crippen LogP contribution in [0.2, 0.25) is 0 Å². The molecule has 144 valence electrons. The van der Waals surface area contributed by atoms with Gasteiger partial charge in [-0.3, -0.25) is 0 Å². The van der Waals surface area contributed by atoms with E-state index in [1.165, 1.54) is 0 Å². The molecule has 2 heterocycles. The Labute approximate surface area is 175 Å². The number of nitrogens with zero attached hydrogens (tertiary/aromatic N) is 2. The van der Waals surface area contributed by atoms with Crippen LogP contribution in [0.5, 0.6) is 0 Å². The Morgan fingerprint density at radius 2 is 1.33 bits per heavy atom. The van der Waals surface area contributed by atoms with Crippen LogP contribution in [0.1, 0.15) is 5.56 Å². The van der Waals surface area contributed by atoms with Crippen LogP contribution in [0, 0.1) is 20.0 Å². The molecule has 0 atom stereocenters. The van der Waals surface area contributed by atoms with Gasteiger partial charge in [-0.05, 0) is 49.7 Å². The maximum Gasteiger partial charge on any atom is 0.165 e. The standard InChI is InChI=1S/C27H20N2O/c1-18-16-17-22-21-12-6-9-15-25(21)30-27(22)26(18)29-19(2)28(20-10-4-3-5-11-20)23-13-7-8-14-24(23)29/h3-17H,2H2,1H3. The van der Waals surface area contributed by atoms with Crippen LogP contribution in [0.25, 0.3) is 21.9 Å². The van der Waals surface area contributed by atoms with Gasteiger partial charge in [0.15, 0.2) is 11.7 Å². The van der Waals surface area contributed by atoms with Gasteiger partial charge < -0.3 is 14.2 Å². The molecule has 0 fully saturated rings. The van der Waals surface area contributed by atoms with Crippen LogP contribution in [0.4, 0.5) is 22.7 Å². The number of hydrogen-bond acceptors (Lipinski definition) is 3. The second-order valence-electron chi connectivity index (χ2n) is 7.62. The van der Waals surface area contributed by atoms with Gasteiger partial charge in [0, 0.05) is 16.5 Å². The zero-order valence-corrected chi connectivity index (χ0v) is 16.7. The summed E-state index contributed by atoms with van der Waals surface area (Å²) in [6.45, 7) is 6.62. The molecule has 4 aromatic carbocycles. The number of benzene rings is 4. The van der Waals surface area contributed by atoms with Gasteiger partial charge in [0.25, 0.3) is 0 Å². The Morgan fingerprint density at radius 3 is 2.13 bits per heavy atom.